The first-order valence-electron chi connectivity index (χ1n) is 31.9. The number of allylic oxidation sites excluding steroid dienone is 1. The molecule has 0 atom stereocenters. The molecule has 6 aromatic carbocycles. The van der Waals surface area contributed by atoms with Crippen LogP contribution < -0.4 is 56.8 Å². The quantitative estimate of drug-likeness (QED) is 0.0246. The molecular weight excluding hydrogens is 1450 g/mol. The molecule has 0 amide bonds. The monoisotopic (exact) mass is 1520 g/mol. The van der Waals surface area contributed by atoms with Crippen LogP contribution in [0.5, 0.6) is 69.0 Å². The van der Waals surface area contributed by atoms with E-state index in [1.165, 1.54) is 150 Å². The molecule has 0 saturated heterocycles. The van der Waals surface area contributed by atoms with Gasteiger partial charge in [0.05, 0.1) is 128 Å². The molecule has 39 heteroatoms. The SMILES string of the molecule is C=C1C=N/C(=N\O)N1C.COc1ccc2c(C(=O)c3cc(OC)c(OC)c(OC)c3)n(C(=O)OCc3cnc([N+](=O)[O-])n3C)nc2c1.COc1ccc2c(C(=O)c3cc(OC)c(OC)c(OC)c3)n[nH]c2c1.COc1ccc2c(C(=O)c3cc(OC)c(OC)c(OC)c3)nn(C(=O)OCc3cnc([N+](=O)[O-])n3C)c2c1. The smallest absolute Gasteiger partial charge is 0.435 e. The van der Waals surface area contributed by atoms with E-state index < -0.39 is 45.5 Å². The highest BCUT2D eigenvalue weighted by molar-refractivity contribution is 6.18. The van der Waals surface area contributed by atoms with Crippen molar-refractivity contribution in [1.29, 1.82) is 0 Å². The standard InChI is InChI=1S/2C24H23N5O9.C18H18N2O5.C5H7N3O/c1-27-14(11-25-23(27)29(32)33)12-38-24(31)28-17-10-15(34-2)6-7-16(17)20(26-28)21(30)13-8-18(35-3)22(37-5)19(9-13)36-4;1-27-14(11-25-23(27)29(32)33)12-38-24(31)28-20(16-7-6-15(34-2)10-17(16)26-28)21(30)13-8-18(35-3)22(37-5)19(9-13)36-4;1-22-11-5-6-12-13(9-11)19-20-16(12)17(21)10-7-14(23-2)18(25-4)15(8-10)24-3;1-4-3-6-5(7-9)8(4)2/h2*6-11H,12H2,1-5H3;5-9H,1-4H3,(H,19,20);3,9H,1H2,2H3/b;;;7-5+. The summed E-state index contributed by atoms with van der Waals surface area (Å²) in [5, 5.41) is 50.2. The average Bonchev–Trinajstić information content (AvgIpc) is 1.60. The Morgan fingerprint density at radius 3 is 1.30 bits per heavy atom. The fourth-order valence-corrected chi connectivity index (χ4v) is 10.8. The van der Waals surface area contributed by atoms with Crippen LogP contribution in [0, 0.1) is 20.2 Å². The third kappa shape index (κ3) is 16.3. The molecule has 0 radical (unpaired) electrons. The number of aliphatic imine (C=N–C) groups is 1. The van der Waals surface area contributed by atoms with Gasteiger partial charge in [0.1, 0.15) is 46.7 Å². The van der Waals surface area contributed by atoms with Crippen molar-refractivity contribution < 1.29 is 105 Å². The molecule has 110 heavy (non-hydrogen) atoms. The second-order valence-electron chi connectivity index (χ2n) is 22.5. The Balaban J connectivity index is 0.000000182. The fraction of sp³-hybridized carbons (Fsp3) is 0.239. The van der Waals surface area contributed by atoms with Gasteiger partial charge < -0.3 is 96.7 Å². The lowest BCUT2D eigenvalue weighted by atomic mass is 10.0. The summed E-state index contributed by atoms with van der Waals surface area (Å²) >= 11 is 0. The maximum atomic E-state index is 13.8. The molecule has 6 heterocycles. The Morgan fingerprint density at radius 2 is 0.909 bits per heavy atom. The van der Waals surface area contributed by atoms with E-state index in [1.807, 2.05) is 0 Å². The number of nitrogens with one attached hydrogen (secondary N) is 1. The van der Waals surface area contributed by atoms with Gasteiger partial charge in [-0.2, -0.15) is 24.7 Å². The van der Waals surface area contributed by atoms with Gasteiger partial charge in [0.2, 0.25) is 34.6 Å². The molecule has 574 valence electrons. The van der Waals surface area contributed by atoms with Crippen LogP contribution in [0.1, 0.15) is 59.5 Å². The number of aromatic nitrogens is 10. The second kappa shape index (κ2) is 34.8. The van der Waals surface area contributed by atoms with Crippen molar-refractivity contribution in [2.24, 2.45) is 24.2 Å². The zero-order chi connectivity index (χ0) is 79.9. The number of methoxy groups -OCH3 is 12. The summed E-state index contributed by atoms with van der Waals surface area (Å²) in [4.78, 5) is 100. The van der Waals surface area contributed by atoms with E-state index in [9.17, 15) is 44.2 Å². The Bertz CT molecular complexity index is 5360. The molecule has 0 unspecified atom stereocenters. The maximum absolute atomic E-state index is 13.8. The van der Waals surface area contributed by atoms with Crippen LogP contribution in [0.3, 0.4) is 0 Å². The third-order valence-corrected chi connectivity index (χ3v) is 16.6. The van der Waals surface area contributed by atoms with E-state index in [-0.39, 0.29) is 87.4 Å². The van der Waals surface area contributed by atoms with Gasteiger partial charge >= 0.3 is 24.1 Å². The van der Waals surface area contributed by atoms with E-state index >= 15 is 0 Å². The molecule has 11 aromatic rings. The van der Waals surface area contributed by atoms with Gasteiger partial charge in [0, 0.05) is 58.1 Å². The third-order valence-electron chi connectivity index (χ3n) is 16.6. The first-order valence-corrected chi connectivity index (χ1v) is 31.9. The van der Waals surface area contributed by atoms with Crippen LogP contribution >= 0.6 is 0 Å². The molecule has 0 saturated carbocycles. The minimum Gasteiger partial charge on any atom is -0.497 e. The number of nitrogens with zero attached hydrogens (tertiary/aromatic N) is 14. The first kappa shape index (κ1) is 79.3. The molecule has 2 N–H and O–H groups in total. The van der Waals surface area contributed by atoms with Crippen LogP contribution in [0.15, 0.2) is 126 Å². The van der Waals surface area contributed by atoms with Crippen molar-refractivity contribution in [2.75, 3.05) is 92.4 Å². The number of fused-ring (bicyclic) bond motifs is 3. The number of carbonyl (C=O) groups is 5. The molecule has 1 aliphatic heterocycles. The molecule has 39 nitrogen and oxygen atoms in total. The molecule has 5 aromatic heterocycles. The second-order valence-corrected chi connectivity index (χ2v) is 22.5. The number of hydrogen-bond donors (Lipinski definition) is 2. The Morgan fingerprint density at radius 1 is 0.500 bits per heavy atom. The molecule has 0 fully saturated rings. The Labute approximate surface area is 623 Å². The number of nitro groups is 2. The van der Waals surface area contributed by atoms with Gasteiger partial charge in [-0.05, 0) is 87.8 Å². The number of ketones is 3. The number of guanidine groups is 1. The lowest BCUT2D eigenvalue weighted by molar-refractivity contribution is -0.396. The van der Waals surface area contributed by atoms with E-state index in [1.54, 1.807) is 79.7 Å². The summed E-state index contributed by atoms with van der Waals surface area (Å²) in [6.07, 6.45) is 2.08. The Kier molecular flexibility index (Phi) is 25.1. The maximum Gasteiger partial charge on any atom is 0.435 e. The van der Waals surface area contributed by atoms with E-state index in [0.29, 0.717) is 78.9 Å². The molecule has 12 rings (SSSR count). The van der Waals surface area contributed by atoms with Gasteiger partial charge in [-0.25, -0.2) is 23.7 Å². The van der Waals surface area contributed by atoms with E-state index in [2.05, 4.69) is 47.1 Å². The van der Waals surface area contributed by atoms with Crippen molar-refractivity contribution in [3.8, 4) is 69.0 Å². The van der Waals surface area contributed by atoms with Gasteiger partial charge in [-0.3, -0.25) is 19.5 Å². The van der Waals surface area contributed by atoms with Crippen molar-refractivity contribution in [3.63, 3.8) is 0 Å². The fourth-order valence-electron chi connectivity index (χ4n) is 10.8. The summed E-state index contributed by atoms with van der Waals surface area (Å²) in [6.45, 7) is 2.94. The Hall–Kier alpha value is -14.8. The molecule has 1 aliphatic rings. The number of ether oxygens (including phenoxy) is 14. The highest BCUT2D eigenvalue weighted by atomic mass is 16.6. The number of H-pyrrole nitrogens is 1. The number of hydrogen-bond acceptors (Lipinski definition) is 30. The number of rotatable bonds is 24. The summed E-state index contributed by atoms with van der Waals surface area (Å²) in [7, 11) is 22.2. The number of carbonyl (C=O) groups excluding carboxylic acids is 5. The van der Waals surface area contributed by atoms with Crippen LogP contribution in [-0.2, 0) is 36.8 Å². The van der Waals surface area contributed by atoms with Crippen LogP contribution in [-0.4, -0.2) is 203 Å². The highest BCUT2D eigenvalue weighted by Crippen LogP contribution is 2.42. The zero-order valence-corrected chi connectivity index (χ0v) is 61.6. The predicted molar refractivity (Wildman–Crippen MR) is 389 cm³/mol. The minimum absolute atomic E-state index is 0.0370. The minimum atomic E-state index is -0.986. The summed E-state index contributed by atoms with van der Waals surface area (Å²) in [5.41, 5.74) is 3.43. The first-order chi connectivity index (χ1) is 52.8. The van der Waals surface area contributed by atoms with Crippen LogP contribution in [0.4, 0.5) is 21.5 Å². The van der Waals surface area contributed by atoms with E-state index in [0.717, 1.165) is 20.6 Å². The van der Waals surface area contributed by atoms with Crippen LogP contribution in [0.25, 0.3) is 32.7 Å². The van der Waals surface area contributed by atoms with Crippen molar-refractivity contribution in [3.05, 3.63) is 181 Å². The number of benzene rings is 6. The predicted octanol–water partition coefficient (Wildman–Crippen LogP) is 9.35. The van der Waals surface area contributed by atoms with Crippen molar-refractivity contribution in [1.82, 2.24) is 53.8 Å². The molecule has 0 bridgehead atoms. The van der Waals surface area contributed by atoms with Gasteiger partial charge in [-0.1, -0.05) is 16.5 Å². The highest BCUT2D eigenvalue weighted by Gasteiger charge is 2.31. The van der Waals surface area contributed by atoms with Gasteiger partial charge in [0.25, 0.3) is 5.96 Å². The zero-order valence-electron chi connectivity index (χ0n) is 61.6. The number of imidazole rings is 2. The number of aromatic amines is 1. The van der Waals surface area contributed by atoms with Crippen LogP contribution in [0.2, 0.25) is 0 Å². The summed E-state index contributed by atoms with van der Waals surface area (Å²) in [5.74, 6) is 2.55. The van der Waals surface area contributed by atoms with Crippen molar-refractivity contribution >= 4 is 86.3 Å². The molecule has 0 spiro atoms. The normalized spacial score (nSPS) is 11.6. The summed E-state index contributed by atoms with van der Waals surface area (Å²) < 4.78 is 78.4. The molecule has 0 aliphatic carbocycles. The average molecular weight is 1520 g/mol. The topological polar surface area (TPSA) is 449 Å². The number of oxime groups is 1. The van der Waals surface area contributed by atoms with Gasteiger partial charge in [-0.15, -0.1) is 0 Å². The lowest BCUT2D eigenvalue weighted by Gasteiger charge is -2.14. The lowest BCUT2D eigenvalue weighted by Crippen LogP contribution is -2.21. The summed E-state index contributed by atoms with van der Waals surface area (Å²) in [6, 6.07) is 24.0. The molecular formula is C71H71N15O24. The van der Waals surface area contributed by atoms with Gasteiger partial charge in [0.15, 0.2) is 59.1 Å². The van der Waals surface area contributed by atoms with Crippen molar-refractivity contribution in [2.45, 2.75) is 13.2 Å². The van der Waals surface area contributed by atoms with E-state index in [4.69, 9.17) is 71.5 Å². The largest absolute Gasteiger partial charge is 0.497 e.